The summed E-state index contributed by atoms with van der Waals surface area (Å²) in [5, 5.41) is 4.10. The summed E-state index contributed by atoms with van der Waals surface area (Å²) in [6, 6.07) is 20.7. The maximum absolute atomic E-state index is 14.3. The topological polar surface area (TPSA) is 86.8 Å². The van der Waals surface area contributed by atoms with Crippen LogP contribution in [0, 0.1) is 6.92 Å². The highest BCUT2D eigenvalue weighted by Crippen LogP contribution is 2.27. The zero-order chi connectivity index (χ0) is 30.3. The van der Waals surface area contributed by atoms with Crippen molar-refractivity contribution in [2.24, 2.45) is 0 Å². The molecule has 0 bridgehead atoms. The molecule has 1 saturated carbocycles. The first-order chi connectivity index (χ1) is 20.0. The van der Waals surface area contributed by atoms with Crippen molar-refractivity contribution in [3.8, 4) is 0 Å². The lowest BCUT2D eigenvalue weighted by molar-refractivity contribution is -0.140. The van der Waals surface area contributed by atoms with Gasteiger partial charge < -0.3 is 10.2 Å². The van der Waals surface area contributed by atoms with Gasteiger partial charge in [-0.1, -0.05) is 91.0 Å². The van der Waals surface area contributed by atoms with Crippen molar-refractivity contribution in [1.82, 2.24) is 10.2 Å². The monoisotopic (exact) mass is 629 g/mol. The summed E-state index contributed by atoms with van der Waals surface area (Å²) >= 11 is 12.3. The van der Waals surface area contributed by atoms with E-state index in [9.17, 15) is 18.0 Å². The quantitative estimate of drug-likeness (QED) is 0.275. The molecule has 10 heteroatoms. The van der Waals surface area contributed by atoms with Crippen molar-refractivity contribution in [3.05, 3.63) is 99.5 Å². The number of aryl methyl sites for hydroxylation is 1. The number of nitrogens with one attached hydrogen (secondary N) is 1. The van der Waals surface area contributed by atoms with Crippen LogP contribution >= 0.6 is 23.2 Å². The molecular formula is C32H37Cl2N3O4S. The van der Waals surface area contributed by atoms with Crippen molar-refractivity contribution in [2.75, 3.05) is 17.1 Å². The molecule has 3 aromatic carbocycles. The molecule has 224 valence electrons. The van der Waals surface area contributed by atoms with Gasteiger partial charge in [0.15, 0.2) is 0 Å². The SMILES string of the molecule is Cc1ccc(Cl)cc1N(CC(=O)N(Cc1ccc(Cl)cc1)C(Cc1ccccc1)C(=O)NC1CCCCC1)S(C)(=O)=O. The van der Waals surface area contributed by atoms with E-state index in [2.05, 4.69) is 5.32 Å². The Morgan fingerprint density at radius 3 is 2.19 bits per heavy atom. The standard InChI is InChI=1S/C32H37Cl2N3O4S/c1-23-13-16-27(34)20-29(23)37(42(2,40)41)22-31(38)36(21-25-14-17-26(33)18-15-25)30(19-24-9-5-3-6-10-24)32(39)35-28-11-7-4-8-12-28/h3,5-6,9-10,13-18,20,28,30H,4,7-8,11-12,19,21-22H2,1-2H3,(H,35,39). The first kappa shape index (κ1) is 31.9. The summed E-state index contributed by atoms with van der Waals surface area (Å²) in [5.74, 6) is -0.757. The fourth-order valence-corrected chi connectivity index (χ4v) is 6.52. The summed E-state index contributed by atoms with van der Waals surface area (Å²) in [4.78, 5) is 29.7. The van der Waals surface area contributed by atoms with Crippen molar-refractivity contribution in [1.29, 1.82) is 0 Å². The average molecular weight is 631 g/mol. The molecule has 1 aliphatic rings. The molecule has 4 rings (SSSR count). The second-order valence-electron chi connectivity index (χ2n) is 10.9. The Hall–Kier alpha value is -3.07. The zero-order valence-electron chi connectivity index (χ0n) is 23.9. The van der Waals surface area contributed by atoms with E-state index in [1.807, 2.05) is 30.3 Å². The smallest absolute Gasteiger partial charge is 0.244 e. The van der Waals surface area contributed by atoms with Crippen molar-refractivity contribution >= 4 is 50.7 Å². The molecule has 1 N–H and O–H groups in total. The van der Waals surface area contributed by atoms with Gasteiger partial charge in [-0.2, -0.15) is 0 Å². The lowest BCUT2D eigenvalue weighted by Gasteiger charge is -2.35. The van der Waals surface area contributed by atoms with Gasteiger partial charge in [0, 0.05) is 29.1 Å². The highest BCUT2D eigenvalue weighted by atomic mass is 35.5. The number of hydrogen-bond donors (Lipinski definition) is 1. The maximum Gasteiger partial charge on any atom is 0.244 e. The Kier molecular flexibility index (Phi) is 10.9. The van der Waals surface area contributed by atoms with Gasteiger partial charge in [-0.15, -0.1) is 0 Å². The maximum atomic E-state index is 14.3. The van der Waals surface area contributed by atoms with E-state index in [0.29, 0.717) is 21.3 Å². The van der Waals surface area contributed by atoms with E-state index < -0.39 is 28.5 Å². The summed E-state index contributed by atoms with van der Waals surface area (Å²) in [6.45, 7) is 1.36. The number of carbonyl (C=O) groups is 2. The summed E-state index contributed by atoms with van der Waals surface area (Å²) in [6.07, 6.45) is 6.35. The van der Waals surface area contributed by atoms with Crippen LogP contribution in [0.15, 0.2) is 72.8 Å². The molecule has 42 heavy (non-hydrogen) atoms. The van der Waals surface area contributed by atoms with Gasteiger partial charge in [0.05, 0.1) is 11.9 Å². The van der Waals surface area contributed by atoms with Crippen LogP contribution in [0.1, 0.15) is 48.8 Å². The molecule has 0 spiro atoms. The molecule has 0 saturated heterocycles. The molecule has 0 aliphatic heterocycles. The molecular weight excluding hydrogens is 593 g/mol. The highest BCUT2D eigenvalue weighted by Gasteiger charge is 2.34. The minimum Gasteiger partial charge on any atom is -0.352 e. The fraction of sp³-hybridized carbons (Fsp3) is 0.375. The Balaban J connectivity index is 1.73. The molecule has 7 nitrogen and oxygen atoms in total. The van der Waals surface area contributed by atoms with Crippen LogP contribution in [0.4, 0.5) is 5.69 Å². The molecule has 0 aromatic heterocycles. The van der Waals surface area contributed by atoms with Crippen LogP contribution < -0.4 is 9.62 Å². The van der Waals surface area contributed by atoms with Gasteiger partial charge in [0.25, 0.3) is 0 Å². The fourth-order valence-electron chi connectivity index (χ4n) is 5.33. The third kappa shape index (κ3) is 8.72. The van der Waals surface area contributed by atoms with Crippen LogP contribution in [0.2, 0.25) is 10.0 Å². The van der Waals surface area contributed by atoms with Gasteiger partial charge in [0.2, 0.25) is 21.8 Å². The Morgan fingerprint density at radius 1 is 0.905 bits per heavy atom. The van der Waals surface area contributed by atoms with Crippen LogP contribution in [0.5, 0.6) is 0 Å². The average Bonchev–Trinajstić information content (AvgIpc) is 2.96. The predicted molar refractivity (Wildman–Crippen MR) is 169 cm³/mol. The van der Waals surface area contributed by atoms with E-state index in [1.54, 1.807) is 43.3 Å². The van der Waals surface area contributed by atoms with Crippen molar-refractivity contribution in [2.45, 2.75) is 64.1 Å². The number of nitrogens with zero attached hydrogens (tertiary/aromatic N) is 2. The van der Waals surface area contributed by atoms with Crippen LogP contribution in [0.25, 0.3) is 0 Å². The van der Waals surface area contributed by atoms with Crippen molar-refractivity contribution < 1.29 is 18.0 Å². The van der Waals surface area contributed by atoms with Gasteiger partial charge >= 0.3 is 0 Å². The number of hydrogen-bond acceptors (Lipinski definition) is 4. The molecule has 1 unspecified atom stereocenters. The number of anilines is 1. The molecule has 0 heterocycles. The first-order valence-corrected chi connectivity index (χ1v) is 16.7. The number of carbonyl (C=O) groups excluding carboxylic acids is 2. The minimum absolute atomic E-state index is 0.0404. The normalized spacial score (nSPS) is 14.7. The van der Waals surface area contributed by atoms with Gasteiger partial charge in [-0.3, -0.25) is 13.9 Å². The lowest BCUT2D eigenvalue weighted by atomic mass is 9.94. The largest absolute Gasteiger partial charge is 0.352 e. The molecule has 1 atom stereocenters. The van der Waals surface area contributed by atoms with E-state index >= 15 is 0 Å². The van der Waals surface area contributed by atoms with Crippen LogP contribution in [-0.2, 0) is 32.6 Å². The summed E-state index contributed by atoms with van der Waals surface area (Å²) in [7, 11) is -3.88. The third-order valence-electron chi connectivity index (χ3n) is 7.61. The number of benzene rings is 3. The van der Waals surface area contributed by atoms with Crippen LogP contribution in [0.3, 0.4) is 0 Å². The van der Waals surface area contributed by atoms with Gasteiger partial charge in [-0.05, 0) is 60.7 Å². The minimum atomic E-state index is -3.88. The van der Waals surface area contributed by atoms with Crippen molar-refractivity contribution in [3.63, 3.8) is 0 Å². The molecule has 2 amide bonds. The van der Waals surface area contributed by atoms with Gasteiger partial charge in [-0.25, -0.2) is 8.42 Å². The molecule has 0 radical (unpaired) electrons. The predicted octanol–water partition coefficient (Wildman–Crippen LogP) is 6.16. The lowest BCUT2D eigenvalue weighted by Crippen LogP contribution is -2.55. The highest BCUT2D eigenvalue weighted by molar-refractivity contribution is 7.92. The number of halogens is 2. The number of sulfonamides is 1. The third-order valence-corrected chi connectivity index (χ3v) is 9.22. The Bertz CT molecular complexity index is 1480. The second-order valence-corrected chi connectivity index (χ2v) is 13.7. The zero-order valence-corrected chi connectivity index (χ0v) is 26.3. The van der Waals surface area contributed by atoms with E-state index in [-0.39, 0.29) is 24.9 Å². The molecule has 1 fully saturated rings. The van der Waals surface area contributed by atoms with E-state index in [0.717, 1.165) is 53.8 Å². The summed E-state index contributed by atoms with van der Waals surface area (Å²) < 4.78 is 27.1. The first-order valence-electron chi connectivity index (χ1n) is 14.1. The number of amides is 2. The molecule has 1 aliphatic carbocycles. The number of rotatable bonds is 11. The van der Waals surface area contributed by atoms with E-state index in [1.165, 1.54) is 11.0 Å². The Labute approximate surface area is 258 Å². The van der Waals surface area contributed by atoms with Crippen LogP contribution in [-0.4, -0.2) is 50.0 Å². The van der Waals surface area contributed by atoms with Gasteiger partial charge in [0.1, 0.15) is 12.6 Å². The van der Waals surface area contributed by atoms with E-state index in [4.69, 9.17) is 23.2 Å². The molecule has 3 aromatic rings. The second kappa shape index (κ2) is 14.4. The summed E-state index contributed by atoms with van der Waals surface area (Å²) in [5.41, 5.74) is 2.62. The Morgan fingerprint density at radius 2 is 1.55 bits per heavy atom.